The molecular weight excluding hydrogens is 231 g/mol. The highest BCUT2D eigenvalue weighted by atomic mass is 19.1. The van der Waals surface area contributed by atoms with E-state index in [4.69, 9.17) is 0 Å². The first-order chi connectivity index (χ1) is 8.47. The van der Waals surface area contributed by atoms with E-state index < -0.39 is 0 Å². The molecule has 0 unspecified atom stereocenters. The van der Waals surface area contributed by atoms with Crippen LogP contribution in [-0.4, -0.2) is 15.6 Å². The van der Waals surface area contributed by atoms with Crippen LogP contribution in [0.25, 0.3) is 0 Å². The molecule has 0 amide bonds. The largest absolute Gasteiger partial charge is 0.292 e. The van der Waals surface area contributed by atoms with Gasteiger partial charge in [0.05, 0.1) is 5.69 Å². The van der Waals surface area contributed by atoms with Gasteiger partial charge in [0.15, 0.2) is 5.78 Å². The number of benzene rings is 1. The van der Waals surface area contributed by atoms with Gasteiger partial charge in [-0.3, -0.25) is 9.48 Å². The molecule has 0 saturated heterocycles. The third-order valence-corrected chi connectivity index (χ3v) is 2.95. The van der Waals surface area contributed by atoms with Crippen LogP contribution in [0.1, 0.15) is 27.3 Å². The monoisotopic (exact) mass is 246 g/mol. The summed E-state index contributed by atoms with van der Waals surface area (Å²) in [5.41, 5.74) is 3.00. The number of Topliss-reactive ketones (excluding diaryl/α,β-unsaturated/α-hetero) is 1. The van der Waals surface area contributed by atoms with Crippen LogP contribution in [0.3, 0.4) is 0 Å². The van der Waals surface area contributed by atoms with Crippen molar-refractivity contribution in [1.29, 1.82) is 0 Å². The van der Waals surface area contributed by atoms with Crippen LogP contribution in [0, 0.1) is 19.7 Å². The molecule has 3 nitrogen and oxygen atoms in total. The molecular formula is C14H15FN2O. The average Bonchev–Trinajstić information content (AvgIpc) is 2.63. The molecule has 0 N–H and O–H groups in total. The van der Waals surface area contributed by atoms with Gasteiger partial charge in [0.25, 0.3) is 0 Å². The fourth-order valence-corrected chi connectivity index (χ4v) is 1.97. The van der Waals surface area contributed by atoms with Crippen LogP contribution in [0.15, 0.2) is 24.3 Å². The summed E-state index contributed by atoms with van der Waals surface area (Å²) in [6.45, 7) is 3.71. The third kappa shape index (κ3) is 2.47. The number of carbonyl (C=O) groups excluding carboxylic acids is 1. The molecule has 1 aromatic heterocycles. The zero-order chi connectivity index (χ0) is 13.3. The number of rotatable bonds is 3. The number of ketones is 1. The summed E-state index contributed by atoms with van der Waals surface area (Å²) in [7, 11) is 1.73. The molecule has 0 aliphatic carbocycles. The number of hydrogen-bond donors (Lipinski definition) is 0. The Balaban J connectivity index is 2.26. The van der Waals surface area contributed by atoms with Gasteiger partial charge in [0.2, 0.25) is 0 Å². The minimum absolute atomic E-state index is 0.0493. The molecule has 1 aromatic carbocycles. The van der Waals surface area contributed by atoms with Crippen molar-refractivity contribution in [3.63, 3.8) is 0 Å². The van der Waals surface area contributed by atoms with Crippen LogP contribution in [0.5, 0.6) is 0 Å². The number of halogens is 1. The topological polar surface area (TPSA) is 34.9 Å². The number of hydrogen-bond acceptors (Lipinski definition) is 2. The van der Waals surface area contributed by atoms with Crippen LogP contribution in [-0.2, 0) is 13.5 Å². The van der Waals surface area contributed by atoms with E-state index in [0.29, 0.717) is 5.69 Å². The predicted molar refractivity (Wildman–Crippen MR) is 67.1 cm³/mol. The summed E-state index contributed by atoms with van der Waals surface area (Å²) in [5, 5.41) is 4.14. The molecule has 0 spiro atoms. The van der Waals surface area contributed by atoms with Crippen molar-refractivity contribution in [3.8, 4) is 0 Å². The van der Waals surface area contributed by atoms with Crippen molar-refractivity contribution in [2.45, 2.75) is 20.3 Å². The van der Waals surface area contributed by atoms with Crippen LogP contribution in [0.2, 0.25) is 0 Å². The van der Waals surface area contributed by atoms with Crippen molar-refractivity contribution in [1.82, 2.24) is 9.78 Å². The molecule has 0 bridgehead atoms. The van der Waals surface area contributed by atoms with Gasteiger partial charge in [-0.1, -0.05) is 6.07 Å². The summed E-state index contributed by atoms with van der Waals surface area (Å²) < 4.78 is 14.7. The molecule has 18 heavy (non-hydrogen) atoms. The number of nitrogens with zero attached hydrogens (tertiary/aromatic N) is 2. The highest BCUT2D eigenvalue weighted by Gasteiger charge is 2.14. The summed E-state index contributed by atoms with van der Waals surface area (Å²) in [4.78, 5) is 12.1. The van der Waals surface area contributed by atoms with Crippen molar-refractivity contribution in [3.05, 3.63) is 52.6 Å². The standard InChI is InChI=1S/C14H15FN2O/c1-9-4-5-12(15)7-11(9)8-14(18)13-6-10(2)16-17(13)3/h4-7H,8H2,1-3H3. The molecule has 0 fully saturated rings. The lowest BCUT2D eigenvalue weighted by Gasteiger charge is -2.05. The quantitative estimate of drug-likeness (QED) is 0.780. The Morgan fingerprint density at radius 2 is 2.06 bits per heavy atom. The SMILES string of the molecule is Cc1cc(C(=O)Cc2cc(F)ccc2C)n(C)n1. The van der Waals surface area contributed by atoms with E-state index in [0.717, 1.165) is 16.8 Å². The maximum Gasteiger partial charge on any atom is 0.185 e. The number of carbonyl (C=O) groups is 1. The Kier molecular flexibility index (Phi) is 3.28. The Bertz CT molecular complexity index is 602. The zero-order valence-electron chi connectivity index (χ0n) is 10.7. The Labute approximate surface area is 105 Å². The highest BCUT2D eigenvalue weighted by Crippen LogP contribution is 2.14. The minimum atomic E-state index is -0.315. The molecule has 1 heterocycles. The van der Waals surface area contributed by atoms with Gasteiger partial charge < -0.3 is 0 Å². The van der Waals surface area contributed by atoms with E-state index in [1.54, 1.807) is 23.9 Å². The van der Waals surface area contributed by atoms with E-state index in [9.17, 15) is 9.18 Å². The Hall–Kier alpha value is -1.97. The zero-order valence-corrected chi connectivity index (χ0v) is 10.7. The molecule has 0 aliphatic heterocycles. The van der Waals surface area contributed by atoms with Crippen LogP contribution < -0.4 is 0 Å². The predicted octanol–water partition coefficient (Wildman–Crippen LogP) is 2.60. The van der Waals surface area contributed by atoms with Gasteiger partial charge in [-0.25, -0.2) is 4.39 Å². The lowest BCUT2D eigenvalue weighted by atomic mass is 10.0. The van der Waals surface area contributed by atoms with Crippen molar-refractivity contribution < 1.29 is 9.18 Å². The summed E-state index contributed by atoms with van der Waals surface area (Å²) in [6, 6.07) is 6.25. The van der Waals surface area contributed by atoms with E-state index in [1.807, 2.05) is 13.8 Å². The minimum Gasteiger partial charge on any atom is -0.292 e. The van der Waals surface area contributed by atoms with Crippen molar-refractivity contribution in [2.24, 2.45) is 7.05 Å². The lowest BCUT2D eigenvalue weighted by Crippen LogP contribution is -2.10. The van der Waals surface area contributed by atoms with Crippen molar-refractivity contribution in [2.75, 3.05) is 0 Å². The number of aryl methyl sites for hydroxylation is 3. The van der Waals surface area contributed by atoms with Gasteiger partial charge >= 0.3 is 0 Å². The molecule has 2 aromatic rings. The van der Waals surface area contributed by atoms with E-state index in [-0.39, 0.29) is 18.0 Å². The smallest absolute Gasteiger partial charge is 0.185 e. The molecule has 0 radical (unpaired) electrons. The summed E-state index contributed by atoms with van der Waals surface area (Å²) in [6.07, 6.45) is 0.197. The van der Waals surface area contributed by atoms with Gasteiger partial charge in [-0.15, -0.1) is 0 Å². The first kappa shape index (κ1) is 12.5. The first-order valence-corrected chi connectivity index (χ1v) is 5.76. The highest BCUT2D eigenvalue weighted by molar-refractivity contribution is 5.96. The van der Waals surface area contributed by atoms with E-state index in [2.05, 4.69) is 5.10 Å². The molecule has 0 saturated carbocycles. The molecule has 0 atom stereocenters. The third-order valence-electron chi connectivity index (χ3n) is 2.95. The second-order valence-electron chi connectivity index (χ2n) is 4.47. The van der Waals surface area contributed by atoms with E-state index in [1.165, 1.54) is 12.1 Å². The fourth-order valence-electron chi connectivity index (χ4n) is 1.97. The Morgan fingerprint density at radius 3 is 2.67 bits per heavy atom. The van der Waals surface area contributed by atoms with Gasteiger partial charge in [0, 0.05) is 13.5 Å². The van der Waals surface area contributed by atoms with Gasteiger partial charge in [-0.05, 0) is 43.2 Å². The molecule has 4 heteroatoms. The second-order valence-corrected chi connectivity index (χ2v) is 4.47. The molecule has 94 valence electrons. The maximum absolute atomic E-state index is 13.2. The first-order valence-electron chi connectivity index (χ1n) is 5.76. The summed E-state index contributed by atoms with van der Waals surface area (Å²) >= 11 is 0. The molecule has 0 aliphatic rings. The van der Waals surface area contributed by atoms with Gasteiger partial charge in [-0.2, -0.15) is 5.10 Å². The van der Waals surface area contributed by atoms with E-state index >= 15 is 0 Å². The van der Waals surface area contributed by atoms with Crippen molar-refractivity contribution >= 4 is 5.78 Å². The fraction of sp³-hybridized carbons (Fsp3) is 0.286. The average molecular weight is 246 g/mol. The summed E-state index contributed by atoms with van der Waals surface area (Å²) in [5.74, 6) is -0.364. The lowest BCUT2D eigenvalue weighted by molar-refractivity contribution is 0.0983. The maximum atomic E-state index is 13.2. The van der Waals surface area contributed by atoms with Crippen LogP contribution >= 0.6 is 0 Å². The second kappa shape index (κ2) is 4.72. The van der Waals surface area contributed by atoms with Crippen LogP contribution in [0.4, 0.5) is 4.39 Å². The normalized spacial score (nSPS) is 10.7. The van der Waals surface area contributed by atoms with Gasteiger partial charge in [0.1, 0.15) is 11.5 Å². The number of aromatic nitrogens is 2. The Morgan fingerprint density at radius 1 is 1.33 bits per heavy atom. The molecule has 2 rings (SSSR count).